The minimum atomic E-state index is -1.25. The van der Waals surface area contributed by atoms with E-state index in [-0.39, 0.29) is 61.8 Å². The monoisotopic (exact) mass is 774 g/mol. The van der Waals surface area contributed by atoms with Gasteiger partial charge in [0, 0.05) is 83.5 Å². The van der Waals surface area contributed by atoms with E-state index in [9.17, 15) is 29.7 Å². The van der Waals surface area contributed by atoms with Gasteiger partial charge in [0.05, 0.1) is 18.1 Å². The molecule has 1 rings (SSSR count). The Bertz CT molecular complexity index is 663. The molecule has 0 spiro atoms. The van der Waals surface area contributed by atoms with Crippen LogP contribution in [0.5, 0.6) is 0 Å². The van der Waals surface area contributed by atoms with Crippen LogP contribution in [0.1, 0.15) is 77.6 Å². The third kappa shape index (κ3) is 17.6. The first-order chi connectivity index (χ1) is 17.8. The van der Waals surface area contributed by atoms with E-state index in [1.54, 1.807) is 0 Å². The van der Waals surface area contributed by atoms with E-state index in [1.807, 2.05) is 0 Å². The first-order valence-corrected chi connectivity index (χ1v) is 14.5. The number of unbranched alkanes of at least 4 members (excludes halogenated alkanes) is 6. The molecule has 219 valence electrons. The summed E-state index contributed by atoms with van der Waals surface area (Å²) in [6.07, 6.45) is 5.36. The van der Waals surface area contributed by atoms with Gasteiger partial charge < -0.3 is 41.7 Å². The molecule has 11 nitrogen and oxygen atoms in total. The Morgan fingerprint density at radius 1 is 0.789 bits per heavy atom. The van der Waals surface area contributed by atoms with Gasteiger partial charge in [-0.1, -0.05) is 25.3 Å². The summed E-state index contributed by atoms with van der Waals surface area (Å²) in [7, 11) is 0. The second-order valence-corrected chi connectivity index (χ2v) is 10.7. The van der Waals surface area contributed by atoms with E-state index in [2.05, 4.69) is 16.0 Å². The molecule has 0 aromatic carbocycles. The van der Waals surface area contributed by atoms with Crippen LogP contribution in [0, 0.1) is 44.1 Å². The van der Waals surface area contributed by atoms with Crippen molar-refractivity contribution in [1.82, 2.24) is 16.0 Å². The van der Waals surface area contributed by atoms with Crippen LogP contribution in [0.4, 0.5) is 0 Å². The van der Waals surface area contributed by atoms with Crippen LogP contribution < -0.4 is 16.0 Å². The van der Waals surface area contributed by atoms with Crippen molar-refractivity contribution < 1.29 is 78.5 Å². The van der Waals surface area contributed by atoms with E-state index < -0.39 is 36.4 Å². The first-order valence-electron chi connectivity index (χ1n) is 13.5. The van der Waals surface area contributed by atoms with Gasteiger partial charge in [0.25, 0.3) is 0 Å². The number of rotatable bonds is 20. The Hall–Kier alpha value is 0.00156. The predicted molar refractivity (Wildman–Crippen MR) is 144 cm³/mol. The number of amides is 3. The zero-order valence-electron chi connectivity index (χ0n) is 22.7. The Kier molecular flexibility index (Phi) is 23.7. The fourth-order valence-electron chi connectivity index (χ4n) is 3.90. The number of hydrogen-bond donors (Lipinski definition) is 6. The largest absolute Gasteiger partial charge is 0.670 e. The summed E-state index contributed by atoms with van der Waals surface area (Å²) in [6.45, 7) is 2.98. The number of thioether (sulfide) groups is 1. The molecule has 1 aliphatic rings. The molecule has 0 aromatic rings. The average molecular weight is 775 g/mol. The number of carbonyl (C=O) groups excluding carboxylic acids is 3. The predicted octanol–water partition coefficient (Wildman–Crippen LogP) is 1.24. The van der Waals surface area contributed by atoms with E-state index in [4.69, 9.17) is 10.5 Å². The number of nitrogens with one attached hydrogen (secondary N) is 4. The summed E-state index contributed by atoms with van der Waals surface area (Å²) >= 11 is 1.40. The standard InChI is InChI=1S/C25H47N4O7S.Ac/c1-18(31)27-13-7-2-5-11-20(32)28-14-8-3-6-12-21(33)29-15-9-4-10-16-37-25-22(26)24(35)23(34)19(17-30)36-25;/h19,22-26,30,34-35H,2-17H2,1H3,(H,27,31)(H,28,32)(H,29,33);/q-1;/t19?,22?,23-,24?,25-;/m0./s1. The molecule has 1 fully saturated rings. The van der Waals surface area contributed by atoms with Gasteiger partial charge >= 0.3 is 0 Å². The summed E-state index contributed by atoms with van der Waals surface area (Å²) in [5.41, 5.74) is 7.39. The van der Waals surface area contributed by atoms with E-state index >= 15 is 0 Å². The van der Waals surface area contributed by atoms with Crippen LogP contribution in [-0.4, -0.2) is 94.8 Å². The van der Waals surface area contributed by atoms with Crippen molar-refractivity contribution in [2.45, 2.75) is 107 Å². The molecule has 0 saturated carbocycles. The average Bonchev–Trinajstić information content (AvgIpc) is 2.87. The summed E-state index contributed by atoms with van der Waals surface area (Å²) in [5, 5.41) is 37.5. The number of hydrogen-bond acceptors (Lipinski definition) is 8. The van der Waals surface area contributed by atoms with Crippen molar-refractivity contribution in [1.29, 1.82) is 0 Å². The number of aliphatic hydroxyl groups is 3. The molecular weight excluding hydrogens is 727 g/mol. The van der Waals surface area contributed by atoms with Crippen molar-refractivity contribution in [3.8, 4) is 0 Å². The number of ether oxygens (including phenoxy) is 1. The zero-order chi connectivity index (χ0) is 27.5. The van der Waals surface area contributed by atoms with Gasteiger partial charge in [-0.25, -0.2) is 0 Å². The first kappa shape index (κ1) is 38.0. The molecule has 13 heteroatoms. The maximum Gasteiger partial charge on any atom is 0.219 e. The molecule has 1 heterocycles. The molecule has 3 unspecified atom stereocenters. The summed E-state index contributed by atoms with van der Waals surface area (Å²) in [5.74, 6) is 0.779. The van der Waals surface area contributed by atoms with Gasteiger partial charge in [0.15, 0.2) is 0 Å². The number of carbonyl (C=O) groups is 3. The van der Waals surface area contributed by atoms with Crippen LogP contribution in [0.15, 0.2) is 0 Å². The Labute approximate surface area is 267 Å². The van der Waals surface area contributed by atoms with Crippen LogP contribution in [0.2, 0.25) is 0 Å². The Balaban J connectivity index is 0.0000137. The van der Waals surface area contributed by atoms with Crippen LogP contribution in [0.25, 0.3) is 5.73 Å². The second-order valence-electron chi connectivity index (χ2n) is 9.47. The van der Waals surface area contributed by atoms with Crippen molar-refractivity contribution in [3.63, 3.8) is 0 Å². The van der Waals surface area contributed by atoms with Gasteiger partial charge in [-0.05, 0) is 44.3 Å². The fraction of sp³-hybridized carbons (Fsp3) is 0.880. The molecule has 3 amide bonds. The molecule has 0 bridgehead atoms. The molecular formula is C25H47AcN4O7S-. The molecule has 1 aliphatic heterocycles. The Morgan fingerprint density at radius 2 is 1.29 bits per heavy atom. The van der Waals surface area contributed by atoms with Crippen molar-refractivity contribution in [2.75, 3.05) is 32.0 Å². The molecule has 0 aliphatic carbocycles. The maximum absolute atomic E-state index is 12.0. The molecule has 1 saturated heterocycles. The topological polar surface area (TPSA) is 181 Å². The van der Waals surface area contributed by atoms with Crippen LogP contribution in [-0.2, 0) is 19.1 Å². The van der Waals surface area contributed by atoms with Gasteiger partial charge in [0.1, 0.15) is 12.2 Å². The zero-order valence-corrected chi connectivity index (χ0v) is 28.2. The smallest absolute Gasteiger partial charge is 0.219 e. The third-order valence-electron chi connectivity index (χ3n) is 6.16. The fourth-order valence-corrected chi connectivity index (χ4v) is 5.09. The third-order valence-corrected chi connectivity index (χ3v) is 7.42. The normalized spacial score (nSPS) is 22.8. The van der Waals surface area contributed by atoms with E-state index in [1.165, 1.54) is 18.7 Å². The van der Waals surface area contributed by atoms with E-state index in [0.717, 1.165) is 63.5 Å². The summed E-state index contributed by atoms with van der Waals surface area (Å²) in [6, 6.07) is -0.962. The minimum Gasteiger partial charge on any atom is -0.670 e. The molecule has 7 N–H and O–H groups in total. The van der Waals surface area contributed by atoms with Crippen molar-refractivity contribution in [2.24, 2.45) is 0 Å². The molecule has 5 atom stereocenters. The Morgan fingerprint density at radius 3 is 1.79 bits per heavy atom. The second kappa shape index (κ2) is 23.7. The quantitative estimate of drug-likeness (QED) is 0.100. The summed E-state index contributed by atoms with van der Waals surface area (Å²) in [4.78, 5) is 34.5. The van der Waals surface area contributed by atoms with Gasteiger partial charge in [-0.15, -0.1) is 11.8 Å². The van der Waals surface area contributed by atoms with Gasteiger partial charge in [-0.2, -0.15) is 0 Å². The summed E-state index contributed by atoms with van der Waals surface area (Å²) < 4.78 is 5.52. The maximum atomic E-state index is 12.0. The molecule has 38 heavy (non-hydrogen) atoms. The van der Waals surface area contributed by atoms with Crippen LogP contribution in [0.3, 0.4) is 0 Å². The van der Waals surface area contributed by atoms with Crippen molar-refractivity contribution >= 4 is 29.5 Å². The van der Waals surface area contributed by atoms with Gasteiger partial charge in [0.2, 0.25) is 17.7 Å². The van der Waals surface area contributed by atoms with Crippen LogP contribution >= 0.6 is 11.8 Å². The van der Waals surface area contributed by atoms with Crippen molar-refractivity contribution in [3.05, 3.63) is 5.73 Å². The molecule has 0 aromatic heterocycles. The van der Waals surface area contributed by atoms with E-state index in [0.29, 0.717) is 32.5 Å². The minimum absolute atomic E-state index is 0. The van der Waals surface area contributed by atoms with Gasteiger partial charge in [-0.3, -0.25) is 14.4 Å². The molecule has 1 radical (unpaired) electrons. The SMILES string of the molecule is CC(=O)NCCCCCC(=O)NCCCCCC(=O)NCCCCCS[C@@H]1OC(CO)[C@H](O)C(O)C1[NH-].[Ac]. The number of aliphatic hydroxyl groups excluding tert-OH is 3.